The number of nitrogens with one attached hydrogen (secondary N) is 1. The SMILES string of the molecule is O=C1/C(=C/c2ccccc2F)CN(C(=O)[C@H]2C[C@H]3CCCN3[C@]23C(=O)Nc2ccccc23)C/C1=C\c1ccccc1F. The summed E-state index contributed by atoms with van der Waals surface area (Å²) in [6.45, 7) is 0.633. The molecule has 0 bridgehead atoms. The number of hydrogen-bond acceptors (Lipinski definition) is 4. The van der Waals surface area contributed by atoms with Gasteiger partial charge in [-0.05, 0) is 56.2 Å². The molecule has 1 spiro atoms. The molecule has 3 aromatic rings. The van der Waals surface area contributed by atoms with Crippen LogP contribution in [0.4, 0.5) is 14.5 Å². The lowest BCUT2D eigenvalue weighted by atomic mass is 9.77. The first-order valence-electron chi connectivity index (χ1n) is 14.3. The van der Waals surface area contributed by atoms with E-state index < -0.39 is 23.1 Å². The average Bonchev–Trinajstić information content (AvgIpc) is 3.66. The number of para-hydroxylation sites is 1. The number of piperidine rings is 1. The maximum absolute atomic E-state index is 14.6. The molecule has 6 nitrogen and oxygen atoms in total. The summed E-state index contributed by atoms with van der Waals surface area (Å²) in [5.74, 6) is -2.47. The van der Waals surface area contributed by atoms with Crippen LogP contribution in [0, 0.1) is 17.6 Å². The van der Waals surface area contributed by atoms with Crippen LogP contribution in [0.25, 0.3) is 12.2 Å². The molecular weight excluding hydrogens is 536 g/mol. The molecule has 0 radical (unpaired) electrons. The van der Waals surface area contributed by atoms with E-state index in [-0.39, 0.29) is 59.0 Å². The van der Waals surface area contributed by atoms with Crippen molar-refractivity contribution in [1.82, 2.24) is 9.80 Å². The Balaban J connectivity index is 1.32. The van der Waals surface area contributed by atoms with Crippen molar-refractivity contribution >= 4 is 35.4 Å². The van der Waals surface area contributed by atoms with Gasteiger partial charge in [0, 0.05) is 52.7 Å². The van der Waals surface area contributed by atoms with E-state index >= 15 is 0 Å². The molecule has 212 valence electrons. The van der Waals surface area contributed by atoms with Gasteiger partial charge in [-0.1, -0.05) is 54.6 Å². The fraction of sp³-hybridized carbons (Fsp3) is 0.265. The Labute approximate surface area is 242 Å². The molecule has 3 atom stereocenters. The zero-order valence-electron chi connectivity index (χ0n) is 22.9. The van der Waals surface area contributed by atoms with Gasteiger partial charge in [0.15, 0.2) is 5.78 Å². The Morgan fingerprint density at radius 2 is 1.45 bits per heavy atom. The molecule has 4 heterocycles. The minimum absolute atomic E-state index is 0.0406. The number of anilines is 1. The van der Waals surface area contributed by atoms with Gasteiger partial charge in [0.25, 0.3) is 0 Å². The number of hydrogen-bond donors (Lipinski definition) is 1. The van der Waals surface area contributed by atoms with E-state index in [1.807, 2.05) is 24.3 Å². The van der Waals surface area contributed by atoms with E-state index in [0.29, 0.717) is 18.7 Å². The number of benzene rings is 3. The van der Waals surface area contributed by atoms with E-state index in [9.17, 15) is 23.2 Å². The summed E-state index contributed by atoms with van der Waals surface area (Å²) in [5, 5.41) is 3.02. The first-order valence-corrected chi connectivity index (χ1v) is 14.3. The van der Waals surface area contributed by atoms with Crippen LogP contribution in [0.1, 0.15) is 36.0 Å². The van der Waals surface area contributed by atoms with Crippen LogP contribution in [0.2, 0.25) is 0 Å². The molecule has 2 amide bonds. The quantitative estimate of drug-likeness (QED) is 0.445. The topological polar surface area (TPSA) is 69.7 Å². The highest BCUT2D eigenvalue weighted by Crippen LogP contribution is 2.55. The smallest absolute Gasteiger partial charge is 0.250 e. The number of likely N-dealkylation sites (tertiary alicyclic amines) is 1. The molecule has 3 fully saturated rings. The van der Waals surface area contributed by atoms with Gasteiger partial charge in [-0.3, -0.25) is 19.3 Å². The summed E-state index contributed by atoms with van der Waals surface area (Å²) in [5.41, 5.74) is 1.28. The Bertz CT molecular complexity index is 1630. The molecule has 0 unspecified atom stereocenters. The van der Waals surface area contributed by atoms with Gasteiger partial charge in [-0.2, -0.15) is 0 Å². The third-order valence-electron chi connectivity index (χ3n) is 9.16. The first kappa shape index (κ1) is 26.5. The number of fused-ring (bicyclic) bond motifs is 4. The highest BCUT2D eigenvalue weighted by molar-refractivity contribution is 6.16. The molecule has 3 saturated heterocycles. The van der Waals surface area contributed by atoms with Gasteiger partial charge in [-0.25, -0.2) is 8.78 Å². The van der Waals surface area contributed by atoms with Crippen molar-refractivity contribution in [1.29, 1.82) is 0 Å². The monoisotopic (exact) mass is 565 g/mol. The van der Waals surface area contributed by atoms with Crippen molar-refractivity contribution in [3.8, 4) is 0 Å². The van der Waals surface area contributed by atoms with Crippen molar-refractivity contribution in [2.45, 2.75) is 30.8 Å². The first-order chi connectivity index (χ1) is 20.4. The summed E-state index contributed by atoms with van der Waals surface area (Å²) in [7, 11) is 0. The van der Waals surface area contributed by atoms with Gasteiger partial charge in [0.1, 0.15) is 17.2 Å². The van der Waals surface area contributed by atoms with Crippen LogP contribution >= 0.6 is 0 Å². The predicted molar refractivity (Wildman–Crippen MR) is 155 cm³/mol. The predicted octanol–water partition coefficient (Wildman–Crippen LogP) is 5.18. The summed E-state index contributed by atoms with van der Waals surface area (Å²) < 4.78 is 29.3. The number of halogens is 2. The van der Waals surface area contributed by atoms with Crippen LogP contribution in [-0.2, 0) is 19.9 Å². The molecule has 42 heavy (non-hydrogen) atoms. The minimum Gasteiger partial charge on any atom is -0.333 e. The molecule has 0 aliphatic carbocycles. The number of ketones is 1. The van der Waals surface area contributed by atoms with Crippen LogP contribution < -0.4 is 5.32 Å². The Morgan fingerprint density at radius 1 is 0.857 bits per heavy atom. The standard InChI is InChI=1S/C34H29F2N3O3/c35-28-12-4-1-8-21(28)16-23-19-38(20-24(31(23)40)17-22-9-2-5-13-29(22)36)32(41)27-18-25-10-7-15-39(25)34(27)26-11-3-6-14-30(26)37-33(34)42/h1-6,8-9,11-14,16-17,25,27H,7,10,15,18-20H2,(H,37,42)/b23-16+,24-17+/t25-,27-,34+/m1/s1. The lowest BCUT2D eigenvalue weighted by Gasteiger charge is -2.39. The van der Waals surface area contributed by atoms with Gasteiger partial charge in [0.05, 0.1) is 5.92 Å². The van der Waals surface area contributed by atoms with Crippen molar-refractivity contribution in [2.24, 2.45) is 5.92 Å². The highest BCUT2D eigenvalue weighted by Gasteiger charge is 2.66. The zero-order chi connectivity index (χ0) is 29.0. The van der Waals surface area contributed by atoms with E-state index in [1.54, 1.807) is 41.3 Å². The molecule has 0 saturated carbocycles. The third-order valence-corrected chi connectivity index (χ3v) is 9.16. The van der Waals surface area contributed by atoms with Crippen LogP contribution in [0.15, 0.2) is 83.9 Å². The second-order valence-electron chi connectivity index (χ2n) is 11.4. The normalized spacial score (nSPS) is 27.1. The second kappa shape index (κ2) is 10.1. The lowest BCUT2D eigenvalue weighted by Crippen LogP contribution is -2.56. The van der Waals surface area contributed by atoms with Gasteiger partial charge in [-0.15, -0.1) is 0 Å². The molecular formula is C34H29F2N3O3. The molecule has 8 heteroatoms. The van der Waals surface area contributed by atoms with E-state index in [0.717, 1.165) is 18.4 Å². The van der Waals surface area contributed by atoms with Gasteiger partial charge < -0.3 is 10.2 Å². The van der Waals surface area contributed by atoms with Crippen molar-refractivity contribution in [3.05, 3.63) is 112 Å². The number of amides is 2. The minimum atomic E-state index is -1.14. The summed E-state index contributed by atoms with van der Waals surface area (Å²) in [6, 6.07) is 19.8. The Morgan fingerprint density at radius 3 is 2.10 bits per heavy atom. The molecule has 1 N–H and O–H groups in total. The van der Waals surface area contributed by atoms with E-state index in [4.69, 9.17) is 0 Å². The fourth-order valence-corrected chi connectivity index (χ4v) is 7.34. The number of Topliss-reactive ketones (excluding diaryl/α,β-unsaturated/α-hetero) is 1. The van der Waals surface area contributed by atoms with Crippen LogP contribution in [-0.4, -0.2) is 53.1 Å². The molecule has 4 aliphatic heterocycles. The maximum Gasteiger partial charge on any atom is 0.250 e. The van der Waals surface area contributed by atoms with E-state index in [2.05, 4.69) is 10.2 Å². The van der Waals surface area contributed by atoms with Crippen molar-refractivity contribution in [2.75, 3.05) is 25.0 Å². The molecule has 7 rings (SSSR count). The molecule has 4 aliphatic rings. The number of rotatable bonds is 3. The zero-order valence-corrected chi connectivity index (χ0v) is 22.9. The van der Waals surface area contributed by atoms with Crippen molar-refractivity contribution < 1.29 is 23.2 Å². The fourth-order valence-electron chi connectivity index (χ4n) is 7.34. The second-order valence-corrected chi connectivity index (χ2v) is 11.4. The summed E-state index contributed by atoms with van der Waals surface area (Å²) in [4.78, 5) is 45.9. The largest absolute Gasteiger partial charge is 0.333 e. The van der Waals surface area contributed by atoms with Crippen LogP contribution in [0.5, 0.6) is 0 Å². The highest BCUT2D eigenvalue weighted by atomic mass is 19.1. The van der Waals surface area contributed by atoms with E-state index in [1.165, 1.54) is 24.3 Å². The number of carbonyl (C=O) groups is 3. The number of carbonyl (C=O) groups excluding carboxylic acids is 3. The maximum atomic E-state index is 14.6. The average molecular weight is 566 g/mol. The van der Waals surface area contributed by atoms with Crippen molar-refractivity contribution in [3.63, 3.8) is 0 Å². The summed E-state index contributed by atoms with van der Waals surface area (Å²) >= 11 is 0. The van der Waals surface area contributed by atoms with Gasteiger partial charge in [0.2, 0.25) is 11.8 Å². The van der Waals surface area contributed by atoms with Gasteiger partial charge >= 0.3 is 0 Å². The lowest BCUT2D eigenvalue weighted by molar-refractivity contribution is -0.144. The Kier molecular flexibility index (Phi) is 6.39. The Hall–Kier alpha value is -4.43. The molecule has 3 aromatic carbocycles. The third kappa shape index (κ3) is 4.04. The summed E-state index contributed by atoms with van der Waals surface area (Å²) in [6.07, 6.45) is 5.30. The van der Waals surface area contributed by atoms with Crippen LogP contribution in [0.3, 0.4) is 0 Å². The number of nitrogens with zero attached hydrogens (tertiary/aromatic N) is 2. The molecule has 0 aromatic heterocycles.